The van der Waals surface area contributed by atoms with Crippen molar-refractivity contribution in [2.45, 2.75) is 76.8 Å². The van der Waals surface area contributed by atoms with Crippen molar-refractivity contribution < 1.29 is 24.2 Å². The summed E-state index contributed by atoms with van der Waals surface area (Å²) in [5.41, 5.74) is 1.55. The third kappa shape index (κ3) is 3.93. The smallest absolute Gasteiger partial charge is 0.250 e. The molecule has 2 bridgehead atoms. The average Bonchev–Trinajstić information content (AvgIpc) is 3.53. The van der Waals surface area contributed by atoms with Gasteiger partial charge in [-0.1, -0.05) is 55.5 Å². The number of aryl methyl sites for hydroxylation is 2. The zero-order valence-corrected chi connectivity index (χ0v) is 22.5. The highest BCUT2D eigenvalue weighted by Gasteiger charge is 2.78. The van der Waals surface area contributed by atoms with Gasteiger partial charge in [0.05, 0.1) is 30.1 Å². The Bertz CT molecular complexity index is 1230. The fourth-order valence-corrected chi connectivity index (χ4v) is 7.01. The van der Waals surface area contributed by atoms with Gasteiger partial charge in [-0.3, -0.25) is 14.4 Å². The Kier molecular flexibility index (Phi) is 6.82. The zero-order chi connectivity index (χ0) is 27.2. The lowest BCUT2D eigenvalue weighted by Crippen LogP contribution is -2.56. The number of carbonyl (C=O) groups excluding carboxylic acids is 3. The van der Waals surface area contributed by atoms with Crippen molar-refractivity contribution in [2.75, 3.05) is 11.9 Å². The predicted molar refractivity (Wildman–Crippen MR) is 143 cm³/mol. The number of ether oxygens (including phenoxy) is 1. The first kappa shape index (κ1) is 26.4. The summed E-state index contributed by atoms with van der Waals surface area (Å²) in [5.74, 6) is -2.40. The highest BCUT2D eigenvalue weighted by Crippen LogP contribution is 2.64. The van der Waals surface area contributed by atoms with Crippen LogP contribution < -0.4 is 10.6 Å². The number of nitrogens with zero attached hydrogens (tertiary/aromatic N) is 1. The molecular weight excluding hydrogens is 482 g/mol. The van der Waals surface area contributed by atoms with E-state index in [-0.39, 0.29) is 24.3 Å². The van der Waals surface area contributed by atoms with E-state index < -0.39 is 35.1 Å². The van der Waals surface area contributed by atoms with Gasteiger partial charge in [0.2, 0.25) is 17.7 Å². The van der Waals surface area contributed by atoms with E-state index in [1.807, 2.05) is 69.3 Å². The number of aliphatic hydroxyl groups is 1. The molecule has 3 aliphatic heterocycles. The van der Waals surface area contributed by atoms with Crippen LogP contribution in [-0.2, 0) is 25.7 Å². The summed E-state index contributed by atoms with van der Waals surface area (Å²) in [6.07, 6.45) is 1.65. The average molecular weight is 520 g/mol. The quantitative estimate of drug-likeness (QED) is 0.497. The fraction of sp³-hybridized carbons (Fsp3) is 0.500. The van der Waals surface area contributed by atoms with Crippen molar-refractivity contribution >= 4 is 23.4 Å². The second kappa shape index (κ2) is 9.82. The van der Waals surface area contributed by atoms with Crippen LogP contribution in [0.2, 0.25) is 0 Å². The lowest BCUT2D eigenvalue weighted by atomic mass is 9.65. The van der Waals surface area contributed by atoms with Gasteiger partial charge in [0.25, 0.3) is 0 Å². The van der Waals surface area contributed by atoms with Crippen molar-refractivity contribution in [2.24, 2.45) is 11.8 Å². The number of hydrogen-bond acceptors (Lipinski definition) is 5. The van der Waals surface area contributed by atoms with Gasteiger partial charge >= 0.3 is 0 Å². The van der Waals surface area contributed by atoms with E-state index in [2.05, 4.69) is 10.6 Å². The van der Waals surface area contributed by atoms with Crippen molar-refractivity contribution in [1.29, 1.82) is 0 Å². The highest BCUT2D eigenvalue weighted by atomic mass is 16.5. The summed E-state index contributed by atoms with van der Waals surface area (Å²) in [7, 11) is 0. The van der Waals surface area contributed by atoms with Crippen LogP contribution >= 0.6 is 0 Å². The first-order chi connectivity index (χ1) is 18.2. The first-order valence-corrected chi connectivity index (χ1v) is 13.5. The lowest BCUT2D eigenvalue weighted by molar-refractivity contribution is -0.148. The Morgan fingerprint density at radius 3 is 2.39 bits per heavy atom. The van der Waals surface area contributed by atoms with Gasteiger partial charge < -0.3 is 25.4 Å². The second-order valence-electron chi connectivity index (χ2n) is 11.1. The molecule has 3 fully saturated rings. The normalized spacial score (nSPS) is 30.3. The second-order valence-corrected chi connectivity index (χ2v) is 11.1. The Labute approximate surface area is 223 Å². The van der Waals surface area contributed by atoms with Crippen LogP contribution in [0.4, 0.5) is 5.69 Å². The van der Waals surface area contributed by atoms with E-state index in [4.69, 9.17) is 4.74 Å². The molecule has 1 spiro atoms. The molecule has 6 atom stereocenters. The third-order valence-corrected chi connectivity index (χ3v) is 8.93. The molecule has 2 aromatic rings. The standard InChI is InChI=1S/C30H37N3O5/c1-5-29-14-15-30(38-29)23(22(29)26(35)31-16-21-12-7-6-8-13-21)28(37)33(20(4)17-34)25(30)27(36)32-24-18(2)10-9-11-19(24)3/h6-13,20,22-23,25,34H,5,14-17H2,1-4H3,(H,31,35)(H,32,36)/t20-,22-,23+,25?,29+,30?/m1/s1. The van der Waals surface area contributed by atoms with Gasteiger partial charge in [-0.15, -0.1) is 0 Å². The summed E-state index contributed by atoms with van der Waals surface area (Å²) in [5, 5.41) is 16.2. The minimum Gasteiger partial charge on any atom is -0.394 e. The molecule has 0 aromatic heterocycles. The van der Waals surface area contributed by atoms with E-state index in [0.717, 1.165) is 16.7 Å². The van der Waals surface area contributed by atoms with Gasteiger partial charge in [-0.05, 0) is 56.7 Å². The number of benzene rings is 2. The number of carbonyl (C=O) groups is 3. The molecule has 5 rings (SSSR count). The summed E-state index contributed by atoms with van der Waals surface area (Å²) < 4.78 is 6.77. The Balaban J connectivity index is 1.51. The number of fused-ring (bicyclic) bond motifs is 1. The number of amides is 3. The Morgan fingerprint density at radius 2 is 1.76 bits per heavy atom. The summed E-state index contributed by atoms with van der Waals surface area (Å²) >= 11 is 0. The number of aliphatic hydroxyl groups excluding tert-OH is 1. The molecule has 8 heteroatoms. The molecule has 3 aliphatic rings. The van der Waals surface area contributed by atoms with Gasteiger partial charge in [-0.2, -0.15) is 0 Å². The minimum absolute atomic E-state index is 0.233. The van der Waals surface area contributed by atoms with Crippen molar-refractivity contribution in [3.8, 4) is 0 Å². The molecule has 0 aliphatic carbocycles. The number of anilines is 1. The molecule has 0 saturated carbocycles. The summed E-state index contributed by atoms with van der Waals surface area (Å²) in [4.78, 5) is 43.3. The topological polar surface area (TPSA) is 108 Å². The van der Waals surface area contributed by atoms with Crippen LogP contribution in [0.1, 0.15) is 49.8 Å². The molecule has 202 valence electrons. The Morgan fingerprint density at radius 1 is 1.08 bits per heavy atom. The molecule has 38 heavy (non-hydrogen) atoms. The Hall–Kier alpha value is -3.23. The van der Waals surface area contributed by atoms with Crippen LogP contribution in [0.5, 0.6) is 0 Å². The molecule has 2 aromatic carbocycles. The number of nitrogens with one attached hydrogen (secondary N) is 2. The lowest BCUT2D eigenvalue weighted by Gasteiger charge is -2.36. The van der Waals surface area contributed by atoms with Gasteiger partial charge in [0.1, 0.15) is 11.6 Å². The highest BCUT2D eigenvalue weighted by molar-refractivity contribution is 6.04. The maximum atomic E-state index is 14.1. The first-order valence-electron chi connectivity index (χ1n) is 13.5. The van der Waals surface area contributed by atoms with Crippen molar-refractivity contribution in [3.63, 3.8) is 0 Å². The van der Waals surface area contributed by atoms with Gasteiger partial charge in [0, 0.05) is 12.2 Å². The molecule has 2 unspecified atom stereocenters. The summed E-state index contributed by atoms with van der Waals surface area (Å²) in [6.45, 7) is 7.59. The molecule has 8 nitrogen and oxygen atoms in total. The molecule has 3 N–H and O–H groups in total. The van der Waals surface area contributed by atoms with Crippen LogP contribution in [0.3, 0.4) is 0 Å². The number of hydrogen-bond donors (Lipinski definition) is 3. The molecular formula is C30H37N3O5. The number of likely N-dealkylation sites (tertiary alicyclic amines) is 1. The van der Waals surface area contributed by atoms with Crippen LogP contribution in [-0.4, -0.2) is 57.6 Å². The van der Waals surface area contributed by atoms with Crippen molar-refractivity contribution in [3.05, 3.63) is 65.2 Å². The molecule has 3 saturated heterocycles. The third-order valence-electron chi connectivity index (χ3n) is 8.93. The largest absolute Gasteiger partial charge is 0.394 e. The van der Waals surface area contributed by atoms with E-state index in [9.17, 15) is 19.5 Å². The van der Waals surface area contributed by atoms with E-state index in [0.29, 0.717) is 31.5 Å². The minimum atomic E-state index is -1.13. The predicted octanol–water partition coefficient (Wildman–Crippen LogP) is 3.09. The van der Waals surface area contributed by atoms with Gasteiger partial charge in [0.15, 0.2) is 0 Å². The zero-order valence-electron chi connectivity index (χ0n) is 22.5. The number of para-hydroxylation sites is 1. The van der Waals surface area contributed by atoms with E-state index in [1.165, 1.54) is 4.90 Å². The monoisotopic (exact) mass is 519 g/mol. The van der Waals surface area contributed by atoms with Crippen LogP contribution in [0.15, 0.2) is 48.5 Å². The maximum Gasteiger partial charge on any atom is 0.250 e. The SMILES string of the molecule is CC[C@@]12CCC3(O1)C(C(=O)Nc1c(C)cccc1C)N([C@H](C)CO)C(=O)[C@@H]3[C@@H]2C(=O)NCc1ccccc1. The fourth-order valence-electron chi connectivity index (χ4n) is 7.01. The molecule has 3 amide bonds. The number of rotatable bonds is 8. The van der Waals surface area contributed by atoms with E-state index >= 15 is 0 Å². The van der Waals surface area contributed by atoms with Crippen LogP contribution in [0, 0.1) is 25.7 Å². The molecule has 3 heterocycles. The maximum absolute atomic E-state index is 14.1. The van der Waals surface area contributed by atoms with Crippen LogP contribution in [0.25, 0.3) is 0 Å². The van der Waals surface area contributed by atoms with Crippen molar-refractivity contribution in [1.82, 2.24) is 10.2 Å². The van der Waals surface area contributed by atoms with E-state index in [1.54, 1.807) is 6.92 Å². The van der Waals surface area contributed by atoms with Gasteiger partial charge in [-0.25, -0.2) is 0 Å². The summed E-state index contributed by atoms with van der Waals surface area (Å²) in [6, 6.07) is 13.8. The molecule has 0 radical (unpaired) electrons.